The molecule has 0 fully saturated rings. The molecular weight excluding hydrogens is 414 g/mol. The van der Waals surface area contributed by atoms with Gasteiger partial charge >= 0.3 is 5.97 Å². The summed E-state index contributed by atoms with van der Waals surface area (Å²) in [5, 5.41) is 14.2. The number of aromatic nitrogens is 1. The number of nitrogens with one attached hydrogen (secondary N) is 1. The topological polar surface area (TPSA) is 91.8 Å². The van der Waals surface area contributed by atoms with E-state index >= 15 is 0 Å². The summed E-state index contributed by atoms with van der Waals surface area (Å²) in [4.78, 5) is 29.6. The Kier molecular flexibility index (Phi) is 7.61. The van der Waals surface area contributed by atoms with Gasteiger partial charge < -0.3 is 20.1 Å². The molecule has 0 aliphatic carbocycles. The lowest BCUT2D eigenvalue weighted by Gasteiger charge is -2.20. The Morgan fingerprint density at radius 2 is 1.84 bits per heavy atom. The van der Waals surface area contributed by atoms with E-state index in [-0.39, 0.29) is 18.9 Å². The third kappa shape index (κ3) is 6.05. The van der Waals surface area contributed by atoms with Crippen LogP contribution >= 0.6 is 11.3 Å². The van der Waals surface area contributed by atoms with Gasteiger partial charge in [0, 0.05) is 36.1 Å². The molecule has 0 aliphatic rings. The maximum atomic E-state index is 12.1. The van der Waals surface area contributed by atoms with Crippen molar-refractivity contribution < 1.29 is 19.4 Å². The number of ether oxygens (including phenoxy) is 1. The second-order valence-corrected chi connectivity index (χ2v) is 7.69. The lowest BCUT2D eigenvalue weighted by atomic mass is 10.1. The molecule has 1 amide bonds. The van der Waals surface area contributed by atoms with Crippen LogP contribution in [0.2, 0.25) is 0 Å². The highest BCUT2D eigenvalue weighted by molar-refractivity contribution is 7.14. The summed E-state index contributed by atoms with van der Waals surface area (Å²) in [5.41, 5.74) is 3.53. The van der Waals surface area contributed by atoms with Crippen LogP contribution in [0, 0.1) is 0 Å². The number of amides is 1. The van der Waals surface area contributed by atoms with E-state index in [9.17, 15) is 9.59 Å². The number of nitrogens with zero attached hydrogens (tertiary/aromatic N) is 2. The Morgan fingerprint density at radius 3 is 2.45 bits per heavy atom. The number of carbonyl (C=O) groups excluding carboxylic acids is 1. The van der Waals surface area contributed by atoms with Crippen molar-refractivity contribution in [3.63, 3.8) is 0 Å². The predicted molar refractivity (Wildman–Crippen MR) is 122 cm³/mol. The van der Waals surface area contributed by atoms with Gasteiger partial charge in [-0.05, 0) is 48.9 Å². The minimum atomic E-state index is -0.937. The molecule has 0 aliphatic heterocycles. The van der Waals surface area contributed by atoms with Crippen molar-refractivity contribution >= 4 is 28.3 Å². The summed E-state index contributed by atoms with van der Waals surface area (Å²) >= 11 is 1.60. The summed E-state index contributed by atoms with van der Waals surface area (Å²) in [6.07, 6.45) is -0.0956. The number of hydrogen-bond acceptors (Lipinski definition) is 6. The summed E-state index contributed by atoms with van der Waals surface area (Å²) in [5.74, 6) is -0.398. The van der Waals surface area contributed by atoms with Gasteiger partial charge in [0.25, 0.3) is 5.91 Å². The Morgan fingerprint density at radius 1 is 1.13 bits per heavy atom. The van der Waals surface area contributed by atoms with E-state index in [1.807, 2.05) is 41.8 Å². The molecule has 3 rings (SSSR count). The fraction of sp³-hybridized carbons (Fsp3) is 0.261. The molecule has 7 nitrogen and oxygen atoms in total. The normalized spacial score (nSPS) is 10.5. The van der Waals surface area contributed by atoms with Crippen molar-refractivity contribution in [3.8, 4) is 17.0 Å². The van der Waals surface area contributed by atoms with Crippen LogP contribution in [0.1, 0.15) is 29.3 Å². The van der Waals surface area contributed by atoms with E-state index < -0.39 is 5.97 Å². The molecule has 2 N–H and O–H groups in total. The highest BCUT2D eigenvalue weighted by atomic mass is 32.1. The summed E-state index contributed by atoms with van der Waals surface area (Å²) in [6.45, 7) is 3.67. The quantitative estimate of drug-likeness (QED) is 0.495. The standard InChI is InChI=1S/C23H25N3O4S/c1-3-26(23-25-20(15-31-23)17-8-10-19(30-2)11-9-17)14-16-4-6-18(7-5-16)22(29)24-13-12-21(27)28/h4-11,15H,3,12-14H2,1-2H3,(H,24,29)(H,27,28). The highest BCUT2D eigenvalue weighted by Gasteiger charge is 2.12. The first-order valence-electron chi connectivity index (χ1n) is 9.94. The second kappa shape index (κ2) is 10.6. The molecule has 3 aromatic rings. The second-order valence-electron chi connectivity index (χ2n) is 6.85. The molecule has 1 heterocycles. The van der Waals surface area contributed by atoms with Crippen molar-refractivity contribution in [2.24, 2.45) is 0 Å². The van der Waals surface area contributed by atoms with Gasteiger partial charge in [0.1, 0.15) is 5.75 Å². The van der Waals surface area contributed by atoms with Crippen LogP contribution < -0.4 is 15.0 Å². The molecule has 0 saturated heterocycles. The first-order valence-corrected chi connectivity index (χ1v) is 10.8. The number of thiazole rings is 1. The van der Waals surface area contributed by atoms with Gasteiger partial charge in [-0.2, -0.15) is 0 Å². The lowest BCUT2D eigenvalue weighted by molar-refractivity contribution is -0.136. The molecule has 0 unspecified atom stereocenters. The maximum absolute atomic E-state index is 12.1. The van der Waals surface area contributed by atoms with Gasteiger partial charge in [0.05, 0.1) is 19.2 Å². The minimum Gasteiger partial charge on any atom is -0.497 e. The van der Waals surface area contributed by atoms with E-state index in [4.69, 9.17) is 14.8 Å². The van der Waals surface area contributed by atoms with Crippen molar-refractivity contribution in [2.75, 3.05) is 25.1 Å². The first-order chi connectivity index (χ1) is 15.0. The zero-order valence-electron chi connectivity index (χ0n) is 17.5. The third-order valence-electron chi connectivity index (χ3n) is 4.74. The van der Waals surface area contributed by atoms with Crippen molar-refractivity contribution in [1.82, 2.24) is 10.3 Å². The van der Waals surface area contributed by atoms with Gasteiger partial charge in [-0.25, -0.2) is 4.98 Å². The van der Waals surface area contributed by atoms with Crippen LogP contribution in [-0.4, -0.2) is 42.2 Å². The largest absolute Gasteiger partial charge is 0.497 e. The Balaban J connectivity index is 1.63. The Labute approximate surface area is 185 Å². The molecule has 0 atom stereocenters. The number of hydrogen-bond donors (Lipinski definition) is 2. The van der Waals surface area contributed by atoms with Crippen LogP contribution in [0.3, 0.4) is 0 Å². The van der Waals surface area contributed by atoms with Crippen LogP contribution in [0.25, 0.3) is 11.3 Å². The zero-order chi connectivity index (χ0) is 22.2. The molecule has 0 spiro atoms. The smallest absolute Gasteiger partial charge is 0.305 e. The number of carboxylic acid groups (broad SMARTS) is 1. The van der Waals surface area contributed by atoms with Gasteiger partial charge in [-0.3, -0.25) is 9.59 Å². The van der Waals surface area contributed by atoms with Gasteiger partial charge in [-0.1, -0.05) is 12.1 Å². The highest BCUT2D eigenvalue weighted by Crippen LogP contribution is 2.29. The number of methoxy groups -OCH3 is 1. The molecule has 31 heavy (non-hydrogen) atoms. The monoisotopic (exact) mass is 439 g/mol. The number of carboxylic acids is 1. The fourth-order valence-corrected chi connectivity index (χ4v) is 3.89. The molecule has 162 valence electrons. The van der Waals surface area contributed by atoms with Crippen molar-refractivity contribution in [2.45, 2.75) is 19.9 Å². The van der Waals surface area contributed by atoms with Crippen molar-refractivity contribution in [3.05, 3.63) is 65.0 Å². The summed E-state index contributed by atoms with van der Waals surface area (Å²) < 4.78 is 5.21. The molecular formula is C23H25N3O4S. The maximum Gasteiger partial charge on any atom is 0.305 e. The molecule has 0 bridgehead atoms. The van der Waals surface area contributed by atoms with Gasteiger partial charge in [0.2, 0.25) is 0 Å². The van der Waals surface area contributed by atoms with Gasteiger partial charge in [-0.15, -0.1) is 11.3 Å². The van der Waals surface area contributed by atoms with Crippen LogP contribution in [-0.2, 0) is 11.3 Å². The molecule has 0 saturated carbocycles. The van der Waals surface area contributed by atoms with E-state index in [0.717, 1.165) is 34.2 Å². The number of benzene rings is 2. The first kappa shape index (κ1) is 22.3. The summed E-state index contributed by atoms with van der Waals surface area (Å²) in [6, 6.07) is 15.2. The fourth-order valence-electron chi connectivity index (χ4n) is 2.99. The summed E-state index contributed by atoms with van der Waals surface area (Å²) in [7, 11) is 1.65. The third-order valence-corrected chi connectivity index (χ3v) is 5.65. The van der Waals surface area contributed by atoms with E-state index in [0.29, 0.717) is 12.1 Å². The SMILES string of the molecule is CCN(Cc1ccc(C(=O)NCCC(=O)O)cc1)c1nc(-c2ccc(OC)cc2)cs1. The average Bonchev–Trinajstić information content (AvgIpc) is 3.27. The molecule has 2 aromatic carbocycles. The van der Waals surface area contributed by atoms with E-state index in [1.165, 1.54) is 0 Å². The van der Waals surface area contributed by atoms with Crippen LogP contribution in [0.5, 0.6) is 5.75 Å². The predicted octanol–water partition coefficient (Wildman–Crippen LogP) is 4.05. The Bertz CT molecular complexity index is 1020. The van der Waals surface area contributed by atoms with E-state index in [2.05, 4.69) is 17.1 Å². The molecule has 8 heteroatoms. The van der Waals surface area contributed by atoms with Crippen molar-refractivity contribution in [1.29, 1.82) is 0 Å². The number of aliphatic carboxylic acids is 1. The van der Waals surface area contributed by atoms with Crippen LogP contribution in [0.4, 0.5) is 5.13 Å². The number of anilines is 1. The van der Waals surface area contributed by atoms with Gasteiger partial charge in [0.15, 0.2) is 5.13 Å². The number of rotatable bonds is 10. The number of carbonyl (C=O) groups is 2. The average molecular weight is 440 g/mol. The lowest BCUT2D eigenvalue weighted by Crippen LogP contribution is -2.26. The Hall–Kier alpha value is -3.39. The van der Waals surface area contributed by atoms with Crippen LogP contribution in [0.15, 0.2) is 53.9 Å². The van der Waals surface area contributed by atoms with E-state index in [1.54, 1.807) is 30.6 Å². The minimum absolute atomic E-state index is 0.0956. The molecule has 0 radical (unpaired) electrons. The molecule has 1 aromatic heterocycles. The zero-order valence-corrected chi connectivity index (χ0v) is 18.3.